The van der Waals surface area contributed by atoms with Crippen molar-refractivity contribution in [3.63, 3.8) is 0 Å². The van der Waals surface area contributed by atoms with Gasteiger partial charge in [0.2, 0.25) is 0 Å². The third-order valence-electron chi connectivity index (χ3n) is 2.79. The van der Waals surface area contributed by atoms with E-state index in [9.17, 15) is 0 Å². The molecule has 1 N–H and O–H groups in total. The van der Waals surface area contributed by atoms with Crippen LogP contribution in [-0.4, -0.2) is 26.1 Å². The lowest BCUT2D eigenvalue weighted by molar-refractivity contribution is 0.787. The molecular formula is C13H19N5. The van der Waals surface area contributed by atoms with Crippen molar-refractivity contribution in [2.45, 2.75) is 26.7 Å². The Morgan fingerprint density at radius 2 is 2.17 bits per heavy atom. The van der Waals surface area contributed by atoms with E-state index in [0.29, 0.717) is 0 Å². The maximum atomic E-state index is 4.44. The van der Waals surface area contributed by atoms with Gasteiger partial charge < -0.3 is 9.88 Å². The highest BCUT2D eigenvalue weighted by Crippen LogP contribution is 2.07. The van der Waals surface area contributed by atoms with Crippen LogP contribution >= 0.6 is 0 Å². The number of hydrogen-bond donors (Lipinski definition) is 1. The Morgan fingerprint density at radius 1 is 1.33 bits per heavy atom. The largest absolute Gasteiger partial charge is 0.370 e. The minimum Gasteiger partial charge on any atom is -0.370 e. The van der Waals surface area contributed by atoms with E-state index in [2.05, 4.69) is 27.2 Å². The summed E-state index contributed by atoms with van der Waals surface area (Å²) in [7, 11) is 2.01. The Labute approximate surface area is 107 Å². The Morgan fingerprint density at radius 3 is 2.83 bits per heavy atom. The van der Waals surface area contributed by atoms with E-state index in [4.69, 9.17) is 0 Å². The fourth-order valence-electron chi connectivity index (χ4n) is 1.82. The molecule has 0 aliphatic carbocycles. The van der Waals surface area contributed by atoms with Gasteiger partial charge in [-0.3, -0.25) is 0 Å². The minimum absolute atomic E-state index is 0.824. The highest BCUT2D eigenvalue weighted by atomic mass is 15.1. The second-order valence-corrected chi connectivity index (χ2v) is 4.30. The first-order chi connectivity index (χ1) is 8.69. The Bertz CT molecular complexity index is 518. The zero-order chi connectivity index (χ0) is 13.0. The molecule has 2 aromatic rings. The van der Waals surface area contributed by atoms with Crippen LogP contribution in [-0.2, 0) is 19.9 Å². The highest BCUT2D eigenvalue weighted by molar-refractivity contribution is 5.35. The first kappa shape index (κ1) is 12.5. The number of rotatable bonds is 5. The van der Waals surface area contributed by atoms with E-state index in [-0.39, 0.29) is 0 Å². The molecule has 0 amide bonds. The number of aryl methyl sites for hydroxylation is 3. The van der Waals surface area contributed by atoms with Crippen LogP contribution in [0.2, 0.25) is 0 Å². The smallest absolute Gasteiger partial charge is 0.130 e. The zero-order valence-corrected chi connectivity index (χ0v) is 11.1. The Balaban J connectivity index is 1.94. The monoisotopic (exact) mass is 245 g/mol. The van der Waals surface area contributed by atoms with Gasteiger partial charge in [-0.1, -0.05) is 6.92 Å². The number of anilines is 1. The van der Waals surface area contributed by atoms with Crippen LogP contribution in [0.1, 0.15) is 24.3 Å². The predicted octanol–water partition coefficient (Wildman–Crippen LogP) is 1.74. The van der Waals surface area contributed by atoms with Crippen molar-refractivity contribution in [2.24, 2.45) is 7.05 Å². The summed E-state index contributed by atoms with van der Waals surface area (Å²) < 4.78 is 2.03. The number of imidazole rings is 1. The number of hydrogen-bond acceptors (Lipinski definition) is 4. The molecule has 18 heavy (non-hydrogen) atoms. The van der Waals surface area contributed by atoms with E-state index in [1.165, 1.54) is 0 Å². The van der Waals surface area contributed by atoms with Crippen LogP contribution < -0.4 is 5.32 Å². The predicted molar refractivity (Wildman–Crippen MR) is 71.5 cm³/mol. The van der Waals surface area contributed by atoms with Gasteiger partial charge in [0.1, 0.15) is 17.5 Å². The van der Waals surface area contributed by atoms with Gasteiger partial charge in [0.15, 0.2) is 0 Å². The molecule has 0 saturated carbocycles. The quantitative estimate of drug-likeness (QED) is 0.871. The molecule has 0 aliphatic heterocycles. The number of aromatic nitrogens is 4. The maximum absolute atomic E-state index is 4.44. The van der Waals surface area contributed by atoms with Crippen molar-refractivity contribution in [3.05, 3.63) is 35.8 Å². The molecule has 0 radical (unpaired) electrons. The SMILES string of the molecule is CCc1nc(C)cc(NCCc2nccn2C)n1. The van der Waals surface area contributed by atoms with Gasteiger partial charge in [0.25, 0.3) is 0 Å². The van der Waals surface area contributed by atoms with Crippen LogP contribution in [0.4, 0.5) is 5.82 Å². The Hall–Kier alpha value is -1.91. The molecule has 0 spiro atoms. The standard InChI is InChI=1S/C13H19N5/c1-4-11-16-10(2)9-12(17-11)14-6-5-13-15-7-8-18(13)3/h7-9H,4-6H2,1-3H3,(H,14,16,17). The van der Waals surface area contributed by atoms with Gasteiger partial charge in [-0.15, -0.1) is 0 Å². The van der Waals surface area contributed by atoms with Crippen molar-refractivity contribution in [3.8, 4) is 0 Å². The van der Waals surface area contributed by atoms with Crippen molar-refractivity contribution < 1.29 is 0 Å². The van der Waals surface area contributed by atoms with Crippen LogP contribution in [0.3, 0.4) is 0 Å². The van der Waals surface area contributed by atoms with E-state index in [1.807, 2.05) is 37.0 Å². The van der Waals surface area contributed by atoms with Crippen molar-refractivity contribution in [2.75, 3.05) is 11.9 Å². The van der Waals surface area contributed by atoms with Crippen molar-refractivity contribution in [1.29, 1.82) is 0 Å². The van der Waals surface area contributed by atoms with Gasteiger partial charge in [-0.2, -0.15) is 0 Å². The first-order valence-electron chi connectivity index (χ1n) is 6.23. The summed E-state index contributed by atoms with van der Waals surface area (Å²) in [6.45, 7) is 4.88. The van der Waals surface area contributed by atoms with E-state index in [0.717, 1.165) is 42.5 Å². The summed E-state index contributed by atoms with van der Waals surface area (Å²) in [5.41, 5.74) is 1.00. The summed E-state index contributed by atoms with van der Waals surface area (Å²) >= 11 is 0. The van der Waals surface area contributed by atoms with E-state index in [1.54, 1.807) is 0 Å². The lowest BCUT2D eigenvalue weighted by Gasteiger charge is -2.07. The molecule has 0 aromatic carbocycles. The van der Waals surface area contributed by atoms with Crippen molar-refractivity contribution in [1.82, 2.24) is 19.5 Å². The van der Waals surface area contributed by atoms with Crippen LogP contribution in [0.5, 0.6) is 0 Å². The molecule has 0 unspecified atom stereocenters. The van der Waals surface area contributed by atoms with Crippen LogP contribution in [0.15, 0.2) is 18.5 Å². The topological polar surface area (TPSA) is 55.6 Å². The van der Waals surface area contributed by atoms with Crippen LogP contribution in [0.25, 0.3) is 0 Å². The second kappa shape index (κ2) is 5.62. The molecule has 2 aromatic heterocycles. The molecule has 5 nitrogen and oxygen atoms in total. The van der Waals surface area contributed by atoms with Crippen molar-refractivity contribution >= 4 is 5.82 Å². The van der Waals surface area contributed by atoms with Gasteiger partial charge in [0, 0.05) is 50.6 Å². The average Bonchev–Trinajstić information content (AvgIpc) is 2.74. The molecular weight excluding hydrogens is 226 g/mol. The summed E-state index contributed by atoms with van der Waals surface area (Å²) in [6, 6.07) is 1.97. The third-order valence-corrected chi connectivity index (χ3v) is 2.79. The fourth-order valence-corrected chi connectivity index (χ4v) is 1.82. The lowest BCUT2D eigenvalue weighted by Crippen LogP contribution is -2.11. The molecule has 0 fully saturated rings. The molecule has 2 heterocycles. The Kier molecular flexibility index (Phi) is 3.92. The summed E-state index contributed by atoms with van der Waals surface area (Å²) in [4.78, 5) is 13.1. The molecule has 2 rings (SSSR count). The molecule has 0 atom stereocenters. The first-order valence-corrected chi connectivity index (χ1v) is 6.23. The molecule has 96 valence electrons. The molecule has 0 saturated heterocycles. The van der Waals surface area contributed by atoms with Gasteiger partial charge >= 0.3 is 0 Å². The average molecular weight is 245 g/mol. The van der Waals surface area contributed by atoms with Gasteiger partial charge in [-0.25, -0.2) is 15.0 Å². The maximum Gasteiger partial charge on any atom is 0.130 e. The summed E-state index contributed by atoms with van der Waals surface area (Å²) in [5.74, 6) is 2.85. The second-order valence-electron chi connectivity index (χ2n) is 4.30. The molecule has 0 bridgehead atoms. The molecule has 5 heteroatoms. The van der Waals surface area contributed by atoms with Gasteiger partial charge in [0.05, 0.1) is 0 Å². The minimum atomic E-state index is 0.824. The lowest BCUT2D eigenvalue weighted by atomic mass is 10.3. The normalized spacial score (nSPS) is 10.6. The number of nitrogens with zero attached hydrogens (tertiary/aromatic N) is 4. The summed E-state index contributed by atoms with van der Waals surface area (Å²) in [5, 5.41) is 3.32. The third kappa shape index (κ3) is 3.06. The number of nitrogens with one attached hydrogen (secondary N) is 1. The zero-order valence-electron chi connectivity index (χ0n) is 11.1. The van der Waals surface area contributed by atoms with Crippen LogP contribution in [0, 0.1) is 6.92 Å². The van der Waals surface area contributed by atoms with Gasteiger partial charge in [-0.05, 0) is 6.92 Å². The van der Waals surface area contributed by atoms with E-state index < -0.39 is 0 Å². The summed E-state index contributed by atoms with van der Waals surface area (Å²) in [6.07, 6.45) is 5.52. The fraction of sp³-hybridized carbons (Fsp3) is 0.462. The molecule has 0 aliphatic rings. The van der Waals surface area contributed by atoms with E-state index >= 15 is 0 Å². The highest BCUT2D eigenvalue weighted by Gasteiger charge is 2.02.